The van der Waals surface area contributed by atoms with Gasteiger partial charge in [-0.3, -0.25) is 0 Å². The molecule has 1 aliphatic carbocycles. The van der Waals surface area contributed by atoms with Crippen molar-refractivity contribution < 1.29 is 8.42 Å². The molecule has 4 heteroatoms. The third-order valence-corrected chi connectivity index (χ3v) is 8.31. The summed E-state index contributed by atoms with van der Waals surface area (Å²) in [6.07, 6.45) is 0. The van der Waals surface area contributed by atoms with E-state index in [0.29, 0.717) is 23.9 Å². The second-order valence-electron chi connectivity index (χ2n) is 9.11. The van der Waals surface area contributed by atoms with Crippen LogP contribution in [0.5, 0.6) is 0 Å². The number of fused-ring (bicyclic) bond motifs is 1. The lowest BCUT2D eigenvalue weighted by Crippen LogP contribution is -2.31. The minimum Gasteiger partial charge on any atom is -0.207 e. The number of hydrogen-bond acceptors (Lipinski definition) is 2. The van der Waals surface area contributed by atoms with Gasteiger partial charge in [-0.15, -0.1) is 0 Å². The molecule has 0 spiro atoms. The predicted octanol–water partition coefficient (Wildman–Crippen LogP) is 5.69. The molecule has 1 saturated heterocycles. The first-order valence-corrected chi connectivity index (χ1v) is 12.2. The van der Waals surface area contributed by atoms with E-state index in [0.717, 1.165) is 5.56 Å². The summed E-state index contributed by atoms with van der Waals surface area (Å²) < 4.78 is 28.4. The van der Waals surface area contributed by atoms with Crippen molar-refractivity contribution in [2.24, 2.45) is 17.8 Å². The van der Waals surface area contributed by atoms with Crippen molar-refractivity contribution in [2.45, 2.75) is 39.5 Å². The van der Waals surface area contributed by atoms with Crippen molar-refractivity contribution in [1.82, 2.24) is 4.31 Å². The topological polar surface area (TPSA) is 37.4 Å². The maximum Gasteiger partial charge on any atom is 0.243 e. The Balaban J connectivity index is 1.74. The molecule has 3 nitrogen and oxygen atoms in total. The van der Waals surface area contributed by atoms with Crippen LogP contribution in [0.3, 0.4) is 0 Å². The number of nitrogens with zero attached hydrogens (tertiary/aromatic N) is 1. The molecule has 0 amide bonds. The van der Waals surface area contributed by atoms with E-state index in [1.807, 2.05) is 25.1 Å². The summed E-state index contributed by atoms with van der Waals surface area (Å²) >= 11 is 0. The van der Waals surface area contributed by atoms with Gasteiger partial charge in [-0.25, -0.2) is 8.42 Å². The molecule has 158 valence electrons. The first-order chi connectivity index (χ1) is 14.2. The Labute approximate surface area is 181 Å². The molecule has 0 bridgehead atoms. The van der Waals surface area contributed by atoms with Crippen LogP contribution in [-0.4, -0.2) is 25.8 Å². The molecule has 1 fully saturated rings. The van der Waals surface area contributed by atoms with E-state index >= 15 is 0 Å². The van der Waals surface area contributed by atoms with Crippen LogP contribution in [0.2, 0.25) is 0 Å². The number of aryl methyl sites for hydroxylation is 1. The molecule has 0 N–H and O–H groups in total. The maximum atomic E-state index is 13.3. The molecule has 1 heterocycles. The first-order valence-electron chi connectivity index (χ1n) is 10.8. The fourth-order valence-electron chi connectivity index (χ4n) is 5.20. The fourth-order valence-corrected chi connectivity index (χ4v) is 6.69. The molecule has 2 aliphatic rings. The quantitative estimate of drug-likeness (QED) is 0.622. The van der Waals surface area contributed by atoms with Crippen LogP contribution < -0.4 is 0 Å². The summed E-state index contributed by atoms with van der Waals surface area (Å²) in [5.74, 6) is 0.941. The molecule has 1 aliphatic heterocycles. The summed E-state index contributed by atoms with van der Waals surface area (Å²) in [7, 11) is -3.49. The van der Waals surface area contributed by atoms with E-state index in [9.17, 15) is 8.42 Å². The summed E-state index contributed by atoms with van der Waals surface area (Å²) in [6.45, 7) is 11.9. The molecule has 2 atom stereocenters. The Morgan fingerprint density at radius 1 is 0.933 bits per heavy atom. The van der Waals surface area contributed by atoms with E-state index < -0.39 is 10.0 Å². The third kappa shape index (κ3) is 3.46. The SMILES string of the molecule is CC(C)=C(C1=C(c2ccccc2)C2CN(S(=O)(=O)c3ccc(C)cc3)CC12)C(C)C. The van der Waals surface area contributed by atoms with Crippen LogP contribution in [0.4, 0.5) is 0 Å². The Kier molecular flexibility index (Phi) is 5.50. The van der Waals surface area contributed by atoms with E-state index in [1.54, 1.807) is 16.4 Å². The normalized spacial score (nSPS) is 21.5. The Morgan fingerprint density at radius 2 is 1.53 bits per heavy atom. The maximum absolute atomic E-state index is 13.3. The predicted molar refractivity (Wildman–Crippen MR) is 123 cm³/mol. The van der Waals surface area contributed by atoms with Crippen molar-refractivity contribution in [1.29, 1.82) is 0 Å². The van der Waals surface area contributed by atoms with Gasteiger partial charge in [-0.1, -0.05) is 67.4 Å². The Bertz CT molecular complexity index is 1110. The number of benzene rings is 2. The van der Waals surface area contributed by atoms with Gasteiger partial charge in [0.2, 0.25) is 10.0 Å². The molecule has 2 aromatic rings. The van der Waals surface area contributed by atoms with Gasteiger partial charge in [0.1, 0.15) is 0 Å². The van der Waals surface area contributed by atoms with E-state index in [-0.39, 0.29) is 11.8 Å². The average Bonchev–Trinajstić information content (AvgIpc) is 3.06. The lowest BCUT2D eigenvalue weighted by atomic mass is 9.63. The minimum atomic E-state index is -3.49. The first kappa shape index (κ1) is 21.1. The third-order valence-electron chi connectivity index (χ3n) is 6.47. The van der Waals surface area contributed by atoms with Gasteiger partial charge in [-0.05, 0) is 61.1 Å². The summed E-state index contributed by atoms with van der Waals surface area (Å²) in [6, 6.07) is 17.7. The smallest absolute Gasteiger partial charge is 0.207 e. The van der Waals surface area contributed by atoms with Crippen molar-refractivity contribution in [2.75, 3.05) is 13.1 Å². The fraction of sp³-hybridized carbons (Fsp3) is 0.385. The summed E-state index contributed by atoms with van der Waals surface area (Å²) in [4.78, 5) is 0.392. The summed E-state index contributed by atoms with van der Waals surface area (Å²) in [5.41, 5.74) is 7.73. The highest BCUT2D eigenvalue weighted by Gasteiger charge is 2.51. The van der Waals surface area contributed by atoms with Gasteiger partial charge < -0.3 is 0 Å². The zero-order chi connectivity index (χ0) is 21.6. The number of sulfonamides is 1. The monoisotopic (exact) mass is 421 g/mol. The van der Waals surface area contributed by atoms with Crippen LogP contribution in [0, 0.1) is 24.7 Å². The lowest BCUT2D eigenvalue weighted by molar-refractivity contribution is 0.468. The number of hydrogen-bond donors (Lipinski definition) is 0. The molecule has 0 saturated carbocycles. The Morgan fingerprint density at radius 3 is 2.10 bits per heavy atom. The van der Waals surface area contributed by atoms with Crippen LogP contribution >= 0.6 is 0 Å². The van der Waals surface area contributed by atoms with Gasteiger partial charge >= 0.3 is 0 Å². The van der Waals surface area contributed by atoms with Gasteiger partial charge in [0.15, 0.2) is 0 Å². The molecule has 0 aromatic heterocycles. The molecular weight excluding hydrogens is 390 g/mol. The van der Waals surface area contributed by atoms with E-state index in [4.69, 9.17) is 0 Å². The van der Waals surface area contributed by atoms with Crippen LogP contribution in [0.1, 0.15) is 38.8 Å². The molecule has 4 rings (SSSR count). The Hall–Kier alpha value is -2.17. The molecule has 2 unspecified atom stereocenters. The van der Waals surface area contributed by atoms with Gasteiger partial charge in [0.05, 0.1) is 4.90 Å². The highest BCUT2D eigenvalue weighted by atomic mass is 32.2. The second kappa shape index (κ2) is 7.82. The molecular formula is C26H31NO2S. The molecule has 30 heavy (non-hydrogen) atoms. The molecule has 0 radical (unpaired) electrons. The average molecular weight is 422 g/mol. The van der Waals surface area contributed by atoms with Gasteiger partial charge in [0.25, 0.3) is 0 Å². The van der Waals surface area contributed by atoms with Crippen molar-refractivity contribution in [3.63, 3.8) is 0 Å². The molecule has 2 aromatic carbocycles. The number of allylic oxidation sites excluding steroid dienone is 2. The standard InChI is InChI=1S/C26H31NO2S/c1-17(2)24(18(3)4)26-23-16-27(30(28,29)21-13-11-19(5)12-14-21)15-22(23)25(26)20-9-7-6-8-10-20/h6-14,17,22-23H,15-16H2,1-5H3. The number of rotatable bonds is 5. The highest BCUT2D eigenvalue weighted by molar-refractivity contribution is 7.89. The minimum absolute atomic E-state index is 0.260. The zero-order valence-corrected chi connectivity index (χ0v) is 19.3. The van der Waals surface area contributed by atoms with Crippen molar-refractivity contribution in [3.05, 3.63) is 82.4 Å². The van der Waals surface area contributed by atoms with Gasteiger partial charge in [0, 0.05) is 24.9 Å². The van der Waals surface area contributed by atoms with Crippen LogP contribution in [0.15, 0.2) is 76.2 Å². The van der Waals surface area contributed by atoms with Crippen LogP contribution in [0.25, 0.3) is 5.57 Å². The van der Waals surface area contributed by atoms with Crippen LogP contribution in [-0.2, 0) is 10.0 Å². The highest BCUT2D eigenvalue weighted by Crippen LogP contribution is 2.55. The lowest BCUT2D eigenvalue weighted by Gasteiger charge is -2.40. The largest absolute Gasteiger partial charge is 0.243 e. The van der Waals surface area contributed by atoms with Gasteiger partial charge in [-0.2, -0.15) is 4.31 Å². The summed E-state index contributed by atoms with van der Waals surface area (Å²) in [5, 5.41) is 0. The van der Waals surface area contributed by atoms with Crippen molar-refractivity contribution >= 4 is 15.6 Å². The zero-order valence-electron chi connectivity index (χ0n) is 18.5. The van der Waals surface area contributed by atoms with E-state index in [1.165, 1.54) is 27.9 Å². The second-order valence-corrected chi connectivity index (χ2v) is 11.0. The van der Waals surface area contributed by atoms with Crippen molar-refractivity contribution in [3.8, 4) is 0 Å². The van der Waals surface area contributed by atoms with E-state index in [2.05, 4.69) is 52.0 Å².